The van der Waals surface area contributed by atoms with E-state index in [1.54, 1.807) is 0 Å². The number of hydrogen-bond donors (Lipinski definition) is 0. The average molecular weight is 545 g/mol. The van der Waals surface area contributed by atoms with E-state index in [0.29, 0.717) is 0 Å². The molecule has 1 aliphatic carbocycles. The minimum atomic E-state index is 0.967. The van der Waals surface area contributed by atoms with Crippen molar-refractivity contribution in [2.75, 3.05) is 0 Å². The van der Waals surface area contributed by atoms with Crippen molar-refractivity contribution in [2.45, 2.75) is 6.42 Å². The summed E-state index contributed by atoms with van der Waals surface area (Å²) in [5, 5.41) is 10.3. The predicted molar refractivity (Wildman–Crippen MR) is 185 cm³/mol. The first-order valence-electron chi connectivity index (χ1n) is 15.1. The van der Waals surface area contributed by atoms with Crippen LogP contribution < -0.4 is 0 Å². The van der Waals surface area contributed by atoms with Crippen molar-refractivity contribution in [3.8, 4) is 22.3 Å². The Labute approximate surface area is 251 Å². The zero-order valence-electron chi connectivity index (χ0n) is 23.7. The molecule has 43 heavy (non-hydrogen) atoms. The fourth-order valence-corrected chi connectivity index (χ4v) is 7.31. The summed E-state index contributed by atoms with van der Waals surface area (Å²) in [6, 6.07) is 56.0. The van der Waals surface area contributed by atoms with Gasteiger partial charge in [0.05, 0.1) is 0 Å². The van der Waals surface area contributed by atoms with E-state index >= 15 is 0 Å². The van der Waals surface area contributed by atoms with Gasteiger partial charge >= 0.3 is 0 Å². The number of benzene rings is 8. The monoisotopic (exact) mass is 544 g/mol. The van der Waals surface area contributed by atoms with E-state index in [2.05, 4.69) is 158 Å². The molecule has 0 N–H and O–H groups in total. The first-order chi connectivity index (χ1) is 21.3. The van der Waals surface area contributed by atoms with Crippen LogP contribution in [0.2, 0.25) is 0 Å². The van der Waals surface area contributed by atoms with E-state index in [1.807, 2.05) is 0 Å². The Hall–Kier alpha value is -5.46. The molecule has 0 heterocycles. The van der Waals surface area contributed by atoms with Gasteiger partial charge in [-0.1, -0.05) is 152 Å². The fraction of sp³-hybridized carbons (Fsp3) is 0.0233. The Morgan fingerprint density at radius 2 is 0.884 bits per heavy atom. The van der Waals surface area contributed by atoms with Gasteiger partial charge < -0.3 is 0 Å². The summed E-state index contributed by atoms with van der Waals surface area (Å²) in [5.41, 5.74) is 10.6. The van der Waals surface area contributed by atoms with Gasteiger partial charge in [-0.15, -0.1) is 0 Å². The number of rotatable bonds is 3. The van der Waals surface area contributed by atoms with Crippen LogP contribution in [-0.2, 0) is 6.42 Å². The van der Waals surface area contributed by atoms with Crippen molar-refractivity contribution in [2.24, 2.45) is 0 Å². The molecule has 0 nitrogen and oxygen atoms in total. The van der Waals surface area contributed by atoms with E-state index in [0.717, 1.165) is 6.42 Å². The maximum absolute atomic E-state index is 2.46. The van der Waals surface area contributed by atoms with Gasteiger partial charge in [0.2, 0.25) is 0 Å². The van der Waals surface area contributed by atoms with E-state index in [-0.39, 0.29) is 0 Å². The molecule has 0 heteroatoms. The van der Waals surface area contributed by atoms with Gasteiger partial charge in [0.25, 0.3) is 0 Å². The van der Waals surface area contributed by atoms with Crippen molar-refractivity contribution in [3.63, 3.8) is 0 Å². The van der Waals surface area contributed by atoms with Crippen LogP contribution in [0.3, 0.4) is 0 Å². The molecule has 0 fully saturated rings. The maximum atomic E-state index is 2.46. The zero-order chi connectivity index (χ0) is 28.3. The molecule has 0 bridgehead atoms. The molecule has 8 aromatic carbocycles. The summed E-state index contributed by atoms with van der Waals surface area (Å²) in [6.45, 7) is 0. The lowest BCUT2D eigenvalue weighted by Gasteiger charge is -2.20. The molecule has 200 valence electrons. The van der Waals surface area contributed by atoms with Crippen LogP contribution >= 0.6 is 0 Å². The second-order valence-electron chi connectivity index (χ2n) is 11.7. The van der Waals surface area contributed by atoms with Crippen molar-refractivity contribution >= 4 is 54.7 Å². The lowest BCUT2D eigenvalue weighted by molar-refractivity contribution is 1.32. The summed E-state index contributed by atoms with van der Waals surface area (Å²) in [4.78, 5) is 0. The van der Waals surface area contributed by atoms with Crippen LogP contribution in [0.15, 0.2) is 152 Å². The standard InChI is InChI=1S/C43H28/c1-2-14-31-26-33(25-30(31)13-1)32-23-24-40-41(27-32)43(37-22-10-16-29-12-4-6-18-35(29)37)39-20-8-7-19-38(39)42(40)36-21-9-15-28-11-3-5-17-34(28)36/h1-25,27H,26H2. The van der Waals surface area contributed by atoms with Crippen LogP contribution in [0.5, 0.6) is 0 Å². The summed E-state index contributed by atoms with van der Waals surface area (Å²) >= 11 is 0. The maximum Gasteiger partial charge on any atom is -0.00137 e. The highest BCUT2D eigenvalue weighted by atomic mass is 14.2. The Bertz CT molecular complexity index is 2410. The van der Waals surface area contributed by atoms with Gasteiger partial charge in [-0.05, 0) is 100 Å². The quantitative estimate of drug-likeness (QED) is 0.194. The Morgan fingerprint density at radius 3 is 1.53 bits per heavy atom. The van der Waals surface area contributed by atoms with Gasteiger partial charge in [0, 0.05) is 0 Å². The Kier molecular flexibility index (Phi) is 5.36. The molecule has 0 radical (unpaired) electrons. The van der Waals surface area contributed by atoms with Gasteiger partial charge in [-0.3, -0.25) is 0 Å². The largest absolute Gasteiger partial charge is 0.0619 e. The van der Waals surface area contributed by atoms with Crippen LogP contribution in [0.4, 0.5) is 0 Å². The summed E-state index contributed by atoms with van der Waals surface area (Å²) < 4.78 is 0. The summed E-state index contributed by atoms with van der Waals surface area (Å²) in [6.07, 6.45) is 3.34. The fourth-order valence-electron chi connectivity index (χ4n) is 7.31. The minimum Gasteiger partial charge on any atom is -0.0619 e. The highest BCUT2D eigenvalue weighted by molar-refractivity contribution is 6.25. The van der Waals surface area contributed by atoms with Gasteiger partial charge in [-0.2, -0.15) is 0 Å². The van der Waals surface area contributed by atoms with Crippen LogP contribution in [0, 0.1) is 0 Å². The van der Waals surface area contributed by atoms with Crippen molar-refractivity contribution < 1.29 is 0 Å². The van der Waals surface area contributed by atoms with Crippen LogP contribution in [0.1, 0.15) is 16.7 Å². The van der Waals surface area contributed by atoms with E-state index in [4.69, 9.17) is 0 Å². The first-order valence-corrected chi connectivity index (χ1v) is 15.1. The molecular weight excluding hydrogens is 516 g/mol. The third kappa shape index (κ3) is 3.77. The molecule has 1 aliphatic rings. The van der Waals surface area contributed by atoms with Gasteiger partial charge in [-0.25, -0.2) is 0 Å². The van der Waals surface area contributed by atoms with Crippen LogP contribution in [-0.4, -0.2) is 0 Å². The normalized spacial score (nSPS) is 12.7. The lowest BCUT2D eigenvalue weighted by Crippen LogP contribution is -1.94. The molecule has 0 unspecified atom stereocenters. The molecule has 0 aromatic heterocycles. The Morgan fingerprint density at radius 1 is 0.372 bits per heavy atom. The first kappa shape index (κ1) is 24.2. The van der Waals surface area contributed by atoms with Crippen molar-refractivity contribution in [3.05, 3.63) is 168 Å². The van der Waals surface area contributed by atoms with E-state index in [9.17, 15) is 0 Å². The number of hydrogen-bond acceptors (Lipinski definition) is 0. The minimum absolute atomic E-state index is 0.967. The lowest BCUT2D eigenvalue weighted by atomic mass is 9.83. The molecule has 0 aliphatic heterocycles. The Balaban J connectivity index is 1.43. The van der Waals surface area contributed by atoms with Gasteiger partial charge in [0.1, 0.15) is 0 Å². The second kappa shape index (κ2) is 9.54. The second-order valence-corrected chi connectivity index (χ2v) is 11.7. The molecule has 0 saturated carbocycles. The topological polar surface area (TPSA) is 0 Å². The highest BCUT2D eigenvalue weighted by Gasteiger charge is 2.21. The number of fused-ring (bicyclic) bond motifs is 5. The van der Waals surface area contributed by atoms with Crippen LogP contribution in [0.25, 0.3) is 77.0 Å². The third-order valence-electron chi connectivity index (χ3n) is 9.28. The molecule has 9 rings (SSSR count). The number of allylic oxidation sites excluding steroid dienone is 1. The SMILES string of the molecule is C1=C(c2ccc3c(-c4cccc5ccccc45)c4ccccc4c(-c4cccc5ccccc45)c3c2)Cc2ccccc21. The summed E-state index contributed by atoms with van der Waals surface area (Å²) in [7, 11) is 0. The average Bonchev–Trinajstić information content (AvgIpc) is 3.51. The molecule has 8 aromatic rings. The molecule has 0 amide bonds. The van der Waals surface area contributed by atoms with Crippen molar-refractivity contribution in [1.82, 2.24) is 0 Å². The molecule has 0 saturated heterocycles. The van der Waals surface area contributed by atoms with Crippen molar-refractivity contribution in [1.29, 1.82) is 0 Å². The molecule has 0 spiro atoms. The molecular formula is C43H28. The predicted octanol–water partition coefficient (Wildman–Crippen LogP) is 11.7. The third-order valence-corrected chi connectivity index (χ3v) is 9.28. The molecule has 0 atom stereocenters. The smallest absolute Gasteiger partial charge is 0.00137 e. The zero-order valence-corrected chi connectivity index (χ0v) is 23.7. The van der Waals surface area contributed by atoms with Gasteiger partial charge in [0.15, 0.2) is 0 Å². The van der Waals surface area contributed by atoms with E-state index < -0.39 is 0 Å². The summed E-state index contributed by atoms with van der Waals surface area (Å²) in [5.74, 6) is 0. The van der Waals surface area contributed by atoms with E-state index in [1.165, 1.54) is 87.6 Å². The highest BCUT2D eigenvalue weighted by Crippen LogP contribution is 2.47.